The molecule has 2 aromatic carbocycles. The summed E-state index contributed by atoms with van der Waals surface area (Å²) in [6.45, 7) is 0.270. The van der Waals surface area contributed by atoms with Crippen LogP contribution in [0.2, 0.25) is 0 Å². The first-order valence-electron chi connectivity index (χ1n) is 8.16. The number of rotatable bonds is 5. The number of carbonyl (C=O) groups excluding carboxylic acids is 2. The van der Waals surface area contributed by atoms with Gasteiger partial charge in [0.05, 0.1) is 17.9 Å². The van der Waals surface area contributed by atoms with Crippen molar-refractivity contribution in [2.24, 2.45) is 11.1 Å². The van der Waals surface area contributed by atoms with E-state index < -0.39 is 15.9 Å². The molecule has 2 aromatic rings. The lowest BCUT2D eigenvalue weighted by molar-refractivity contribution is -0.122. The molecule has 0 saturated carbocycles. The Hall–Kier alpha value is -2.91. The molecular weight excluding hydrogens is 370 g/mol. The quantitative estimate of drug-likeness (QED) is 0.800. The normalized spacial score (nSPS) is 17.0. The first-order valence-corrected chi connectivity index (χ1v) is 9.71. The maximum Gasteiger partial charge on any atom is 0.238 e. The third-order valence-corrected chi connectivity index (χ3v) is 5.26. The molecule has 3 N–H and O–H groups in total. The van der Waals surface area contributed by atoms with Gasteiger partial charge in [0.1, 0.15) is 5.75 Å². The highest BCUT2D eigenvalue weighted by molar-refractivity contribution is 7.89. The zero-order chi connectivity index (χ0) is 19.6. The van der Waals surface area contributed by atoms with Crippen LogP contribution in [0.5, 0.6) is 5.75 Å². The first-order chi connectivity index (χ1) is 12.8. The second-order valence-electron chi connectivity index (χ2n) is 6.16. The van der Waals surface area contributed by atoms with Crippen molar-refractivity contribution in [1.82, 2.24) is 0 Å². The number of amides is 2. The van der Waals surface area contributed by atoms with Gasteiger partial charge in [0.15, 0.2) is 0 Å². The fourth-order valence-electron chi connectivity index (χ4n) is 2.87. The molecule has 8 nitrogen and oxygen atoms in total. The molecule has 1 unspecified atom stereocenters. The molecular formula is C18H19N3O5S. The van der Waals surface area contributed by atoms with E-state index in [4.69, 9.17) is 9.88 Å². The van der Waals surface area contributed by atoms with E-state index in [0.29, 0.717) is 17.1 Å². The van der Waals surface area contributed by atoms with Crippen LogP contribution in [0.15, 0.2) is 53.4 Å². The summed E-state index contributed by atoms with van der Waals surface area (Å²) in [6, 6.07) is 12.6. The summed E-state index contributed by atoms with van der Waals surface area (Å²) in [4.78, 5) is 26.3. The van der Waals surface area contributed by atoms with Crippen molar-refractivity contribution in [3.8, 4) is 5.75 Å². The molecule has 0 bridgehead atoms. The molecule has 9 heteroatoms. The van der Waals surface area contributed by atoms with E-state index in [1.807, 2.05) is 0 Å². The summed E-state index contributed by atoms with van der Waals surface area (Å²) in [6.07, 6.45) is 0.104. The number of ether oxygens (including phenoxy) is 1. The van der Waals surface area contributed by atoms with Crippen LogP contribution >= 0.6 is 0 Å². The van der Waals surface area contributed by atoms with Crippen LogP contribution < -0.4 is 20.1 Å². The van der Waals surface area contributed by atoms with E-state index in [-0.39, 0.29) is 29.7 Å². The van der Waals surface area contributed by atoms with Crippen LogP contribution in [-0.2, 0) is 19.6 Å². The van der Waals surface area contributed by atoms with Crippen molar-refractivity contribution in [2.75, 3.05) is 23.9 Å². The number of primary sulfonamides is 1. The van der Waals surface area contributed by atoms with Gasteiger partial charge in [-0.1, -0.05) is 0 Å². The van der Waals surface area contributed by atoms with Gasteiger partial charge in [-0.15, -0.1) is 0 Å². The Morgan fingerprint density at radius 3 is 2.33 bits per heavy atom. The van der Waals surface area contributed by atoms with Gasteiger partial charge in [0.2, 0.25) is 21.8 Å². The van der Waals surface area contributed by atoms with Gasteiger partial charge < -0.3 is 15.0 Å². The summed E-state index contributed by atoms with van der Waals surface area (Å²) in [7, 11) is -2.23. The molecule has 1 saturated heterocycles. The molecule has 1 aliphatic heterocycles. The monoisotopic (exact) mass is 389 g/mol. The predicted molar refractivity (Wildman–Crippen MR) is 99.9 cm³/mol. The number of methoxy groups -OCH3 is 1. The van der Waals surface area contributed by atoms with E-state index in [2.05, 4.69) is 5.32 Å². The number of carbonyl (C=O) groups is 2. The zero-order valence-electron chi connectivity index (χ0n) is 14.6. The molecule has 3 rings (SSSR count). The number of hydrogen-bond acceptors (Lipinski definition) is 5. The van der Waals surface area contributed by atoms with Crippen LogP contribution in [0.3, 0.4) is 0 Å². The van der Waals surface area contributed by atoms with E-state index in [0.717, 1.165) is 0 Å². The standard InChI is InChI=1S/C18H19N3O5S/c1-26-15-6-4-14(5-7-15)21-11-12(10-17(21)22)18(23)20-13-2-8-16(9-3-13)27(19,24)25/h2-9,12H,10-11H2,1H3,(H,20,23)(H2,19,24,25). The highest BCUT2D eigenvalue weighted by Gasteiger charge is 2.35. The lowest BCUT2D eigenvalue weighted by atomic mass is 10.1. The van der Waals surface area contributed by atoms with Crippen LogP contribution in [0.4, 0.5) is 11.4 Å². The fourth-order valence-corrected chi connectivity index (χ4v) is 3.38. The summed E-state index contributed by atoms with van der Waals surface area (Å²) >= 11 is 0. The minimum absolute atomic E-state index is 0.0396. The van der Waals surface area contributed by atoms with E-state index >= 15 is 0 Å². The molecule has 27 heavy (non-hydrogen) atoms. The Morgan fingerprint density at radius 2 is 1.78 bits per heavy atom. The lowest BCUT2D eigenvalue weighted by Gasteiger charge is -2.17. The maximum absolute atomic E-state index is 12.5. The third-order valence-electron chi connectivity index (χ3n) is 4.33. The second-order valence-corrected chi connectivity index (χ2v) is 7.72. The Labute approximate surface area is 157 Å². The van der Waals surface area contributed by atoms with E-state index in [9.17, 15) is 18.0 Å². The van der Waals surface area contributed by atoms with Gasteiger partial charge in [0, 0.05) is 24.3 Å². The van der Waals surface area contributed by atoms with Crippen molar-refractivity contribution >= 4 is 33.2 Å². The van der Waals surface area contributed by atoms with Gasteiger partial charge >= 0.3 is 0 Å². The molecule has 0 aromatic heterocycles. The Morgan fingerprint density at radius 1 is 1.15 bits per heavy atom. The maximum atomic E-state index is 12.5. The van der Waals surface area contributed by atoms with Crippen molar-refractivity contribution in [2.45, 2.75) is 11.3 Å². The average molecular weight is 389 g/mol. The molecule has 0 aliphatic carbocycles. The van der Waals surface area contributed by atoms with Gasteiger partial charge in [-0.25, -0.2) is 13.6 Å². The van der Waals surface area contributed by atoms with Crippen molar-refractivity contribution in [3.63, 3.8) is 0 Å². The van der Waals surface area contributed by atoms with Gasteiger partial charge in [-0.05, 0) is 48.5 Å². The molecule has 142 valence electrons. The molecule has 1 heterocycles. The minimum Gasteiger partial charge on any atom is -0.497 e. The molecule has 1 aliphatic rings. The lowest BCUT2D eigenvalue weighted by Crippen LogP contribution is -2.28. The number of nitrogens with one attached hydrogen (secondary N) is 1. The molecule has 1 atom stereocenters. The van der Waals surface area contributed by atoms with Gasteiger partial charge in [0.25, 0.3) is 0 Å². The highest BCUT2D eigenvalue weighted by atomic mass is 32.2. The number of sulfonamides is 1. The topological polar surface area (TPSA) is 119 Å². The minimum atomic E-state index is -3.79. The number of nitrogens with zero attached hydrogens (tertiary/aromatic N) is 1. The summed E-state index contributed by atoms with van der Waals surface area (Å²) in [5.74, 6) is -0.257. The third kappa shape index (κ3) is 4.26. The van der Waals surface area contributed by atoms with Gasteiger partial charge in [-0.2, -0.15) is 0 Å². The molecule has 1 fully saturated rings. The Bertz CT molecular complexity index is 955. The largest absolute Gasteiger partial charge is 0.497 e. The van der Waals surface area contributed by atoms with Crippen molar-refractivity contribution < 1.29 is 22.7 Å². The van der Waals surface area contributed by atoms with E-state index in [1.54, 1.807) is 36.3 Å². The SMILES string of the molecule is COc1ccc(N2CC(C(=O)Nc3ccc(S(N)(=O)=O)cc3)CC2=O)cc1. The van der Waals surface area contributed by atoms with Crippen molar-refractivity contribution in [3.05, 3.63) is 48.5 Å². The Kier molecular flexibility index (Phi) is 5.15. The number of hydrogen-bond donors (Lipinski definition) is 2. The van der Waals surface area contributed by atoms with Crippen molar-refractivity contribution in [1.29, 1.82) is 0 Å². The van der Waals surface area contributed by atoms with E-state index in [1.165, 1.54) is 24.3 Å². The molecule has 0 spiro atoms. The average Bonchev–Trinajstić information content (AvgIpc) is 3.03. The predicted octanol–water partition coefficient (Wildman–Crippen LogP) is 1.33. The molecule has 0 radical (unpaired) electrons. The highest BCUT2D eigenvalue weighted by Crippen LogP contribution is 2.27. The fraction of sp³-hybridized carbons (Fsp3) is 0.222. The number of nitrogens with two attached hydrogens (primary N) is 1. The van der Waals surface area contributed by atoms with Gasteiger partial charge in [-0.3, -0.25) is 9.59 Å². The van der Waals surface area contributed by atoms with Crippen LogP contribution in [0.1, 0.15) is 6.42 Å². The molecule has 2 amide bonds. The number of benzene rings is 2. The number of anilines is 2. The first kappa shape index (κ1) is 18.9. The summed E-state index contributed by atoms with van der Waals surface area (Å²) in [5.41, 5.74) is 1.14. The second kappa shape index (κ2) is 7.37. The summed E-state index contributed by atoms with van der Waals surface area (Å²) in [5, 5.41) is 7.75. The smallest absolute Gasteiger partial charge is 0.238 e. The Balaban J connectivity index is 1.66. The summed E-state index contributed by atoms with van der Waals surface area (Å²) < 4.78 is 27.6. The van der Waals surface area contributed by atoms with Crippen LogP contribution in [-0.4, -0.2) is 33.9 Å². The van der Waals surface area contributed by atoms with Crippen LogP contribution in [0.25, 0.3) is 0 Å². The van der Waals surface area contributed by atoms with Crippen LogP contribution in [0, 0.1) is 5.92 Å². The zero-order valence-corrected chi connectivity index (χ0v) is 15.4.